The van der Waals surface area contributed by atoms with Crippen LogP contribution in [0.15, 0.2) is 60.7 Å². The summed E-state index contributed by atoms with van der Waals surface area (Å²) in [5, 5.41) is 12.0. The third kappa shape index (κ3) is 4.66. The molecule has 1 radical (unpaired) electrons. The first-order valence-corrected chi connectivity index (χ1v) is 11.1. The summed E-state index contributed by atoms with van der Waals surface area (Å²) in [4.78, 5) is 20.1. The van der Waals surface area contributed by atoms with E-state index in [1.807, 2.05) is 60.7 Å². The van der Waals surface area contributed by atoms with Crippen LogP contribution in [0.2, 0.25) is 0 Å². The van der Waals surface area contributed by atoms with Gasteiger partial charge in [-0.3, -0.25) is 0 Å². The van der Waals surface area contributed by atoms with E-state index < -0.39 is 16.8 Å². The minimum atomic E-state index is -1.37. The van der Waals surface area contributed by atoms with Gasteiger partial charge in [-0.05, 0) is 60.1 Å². The van der Waals surface area contributed by atoms with E-state index in [9.17, 15) is 10.0 Å². The van der Waals surface area contributed by atoms with Crippen LogP contribution >= 0.6 is 0 Å². The van der Waals surface area contributed by atoms with Crippen molar-refractivity contribution in [1.29, 1.82) is 0 Å². The van der Waals surface area contributed by atoms with Crippen molar-refractivity contribution in [1.82, 2.24) is 10.9 Å². The minimum absolute atomic E-state index is 0.0524. The number of carbonyl (C=O) groups excluding carboxylic acids is 1. The Morgan fingerprint density at radius 3 is 2.50 bits per heavy atom. The van der Waals surface area contributed by atoms with Crippen molar-refractivity contribution in [2.75, 3.05) is 0 Å². The first-order valence-electron chi connectivity index (χ1n) is 11.1. The summed E-state index contributed by atoms with van der Waals surface area (Å²) in [6, 6.07) is 18.6. The normalized spacial score (nSPS) is 17.6. The summed E-state index contributed by atoms with van der Waals surface area (Å²) in [6.07, 6.45) is 4.99. The molecule has 167 valence electrons. The van der Waals surface area contributed by atoms with Gasteiger partial charge in [-0.2, -0.15) is 5.21 Å². The Hall–Kier alpha value is -2.84. The van der Waals surface area contributed by atoms with Gasteiger partial charge in [0.05, 0.1) is 18.1 Å². The fraction of sp³-hybridized carbons (Fsp3) is 0.360. The molecular formula is C25H29N3O4+. The van der Waals surface area contributed by atoms with E-state index >= 15 is 0 Å². The zero-order valence-corrected chi connectivity index (χ0v) is 18.2. The molecule has 0 bridgehead atoms. The van der Waals surface area contributed by atoms with E-state index in [4.69, 9.17) is 10.6 Å². The number of para-hydroxylation sites is 1. The standard InChI is InChI=1S/C25H29N3O4/c1-18(29)28(30,32-26)25(20-8-3-2-4-9-20)21-12-15-23(16-13-21)31-17-22-14-11-19-7-5-6-10-24(19)27-22/h5-7,10-16,20,25-26,30H,2-4,8-9,17H2,1H3/q+1. The van der Waals surface area contributed by atoms with Crippen molar-refractivity contribution in [3.8, 4) is 5.75 Å². The number of benzene rings is 2. The van der Waals surface area contributed by atoms with Crippen LogP contribution in [0.4, 0.5) is 0 Å². The number of hydroxylamine groups is 4. The number of quaternary nitrogens is 1. The van der Waals surface area contributed by atoms with Crippen LogP contribution in [0.25, 0.3) is 10.9 Å². The molecule has 1 saturated carbocycles. The molecule has 32 heavy (non-hydrogen) atoms. The highest BCUT2D eigenvalue weighted by Gasteiger charge is 2.50. The van der Waals surface area contributed by atoms with E-state index in [1.165, 1.54) is 6.92 Å². The number of hydrogen-bond donors (Lipinski definition) is 1. The molecule has 2 unspecified atom stereocenters. The van der Waals surface area contributed by atoms with Crippen LogP contribution in [0, 0.1) is 5.92 Å². The molecule has 2 N–H and O–H groups in total. The number of hydrogen-bond acceptors (Lipinski definition) is 5. The van der Waals surface area contributed by atoms with Crippen LogP contribution < -0.4 is 10.6 Å². The molecule has 7 heteroatoms. The van der Waals surface area contributed by atoms with Gasteiger partial charge in [0.25, 0.3) is 0 Å². The minimum Gasteiger partial charge on any atom is -0.487 e. The second-order valence-electron chi connectivity index (χ2n) is 8.43. The van der Waals surface area contributed by atoms with Gasteiger partial charge in [0.1, 0.15) is 12.4 Å². The third-order valence-electron chi connectivity index (χ3n) is 6.33. The summed E-state index contributed by atoms with van der Waals surface area (Å²) in [5.74, 6) is 7.52. The Morgan fingerprint density at radius 1 is 1.09 bits per heavy atom. The molecule has 4 rings (SSSR count). The lowest BCUT2D eigenvalue weighted by atomic mass is 9.80. The summed E-state index contributed by atoms with van der Waals surface area (Å²) in [6.45, 7) is 1.58. The highest BCUT2D eigenvalue weighted by atomic mass is 17.0. The summed E-state index contributed by atoms with van der Waals surface area (Å²) < 4.78 is 5.92. The number of nitrogens with zero attached hydrogens (tertiary/aromatic N) is 2. The summed E-state index contributed by atoms with van der Waals surface area (Å²) in [7, 11) is 0. The van der Waals surface area contributed by atoms with Crippen LogP contribution in [-0.4, -0.2) is 20.9 Å². The maximum absolute atomic E-state index is 12.2. The van der Waals surface area contributed by atoms with Gasteiger partial charge in [-0.25, -0.2) is 9.78 Å². The van der Waals surface area contributed by atoms with E-state index in [0.29, 0.717) is 12.4 Å². The Labute approximate surface area is 187 Å². The lowest BCUT2D eigenvalue weighted by Gasteiger charge is -2.36. The van der Waals surface area contributed by atoms with Gasteiger partial charge in [0, 0.05) is 21.7 Å². The molecule has 1 aliphatic rings. The average Bonchev–Trinajstić information content (AvgIpc) is 2.84. The second kappa shape index (κ2) is 9.75. The van der Waals surface area contributed by atoms with Crippen molar-refractivity contribution < 1.29 is 24.5 Å². The molecule has 0 spiro atoms. The highest BCUT2D eigenvalue weighted by Crippen LogP contribution is 2.42. The smallest absolute Gasteiger partial charge is 0.378 e. The van der Waals surface area contributed by atoms with Gasteiger partial charge in [0.15, 0.2) is 6.04 Å². The largest absolute Gasteiger partial charge is 0.487 e. The van der Waals surface area contributed by atoms with Crippen LogP contribution in [0.5, 0.6) is 5.75 Å². The Morgan fingerprint density at radius 2 is 1.81 bits per heavy atom. The molecule has 1 amide bonds. The Bertz CT molecular complexity index is 1070. The maximum atomic E-state index is 12.2. The van der Waals surface area contributed by atoms with Crippen molar-refractivity contribution in [2.24, 2.45) is 5.92 Å². The predicted molar refractivity (Wildman–Crippen MR) is 119 cm³/mol. The molecule has 7 nitrogen and oxygen atoms in total. The molecule has 1 fully saturated rings. The summed E-state index contributed by atoms with van der Waals surface area (Å²) >= 11 is 0. The fourth-order valence-electron chi connectivity index (χ4n) is 4.63. The fourth-order valence-corrected chi connectivity index (χ4v) is 4.63. The number of fused-ring (bicyclic) bond motifs is 1. The topological polar surface area (TPSA) is 92.5 Å². The molecule has 3 aromatic rings. The quantitative estimate of drug-likeness (QED) is 0.308. The lowest BCUT2D eigenvalue weighted by Crippen LogP contribution is -2.53. The number of amides is 1. The number of aromatic nitrogens is 1. The molecule has 1 aliphatic carbocycles. The predicted octanol–water partition coefficient (Wildman–Crippen LogP) is 5.32. The number of pyridine rings is 1. The van der Waals surface area contributed by atoms with Gasteiger partial charge < -0.3 is 4.74 Å². The van der Waals surface area contributed by atoms with Crippen LogP contribution in [-0.2, 0) is 16.3 Å². The van der Waals surface area contributed by atoms with Gasteiger partial charge in [-0.1, -0.05) is 43.5 Å². The van der Waals surface area contributed by atoms with Gasteiger partial charge >= 0.3 is 5.91 Å². The van der Waals surface area contributed by atoms with Crippen LogP contribution in [0.3, 0.4) is 0 Å². The van der Waals surface area contributed by atoms with Gasteiger partial charge in [-0.15, -0.1) is 0 Å². The number of nitrogens with one attached hydrogen (secondary N) is 1. The lowest BCUT2D eigenvalue weighted by molar-refractivity contribution is -1.22. The second-order valence-corrected chi connectivity index (χ2v) is 8.43. The number of carbonyl (C=O) groups is 1. The molecule has 0 saturated heterocycles. The molecule has 1 heterocycles. The highest BCUT2D eigenvalue weighted by molar-refractivity contribution is 5.78. The zero-order valence-electron chi connectivity index (χ0n) is 18.2. The molecule has 1 aromatic heterocycles. The van der Waals surface area contributed by atoms with Crippen molar-refractivity contribution in [3.63, 3.8) is 0 Å². The van der Waals surface area contributed by atoms with Crippen molar-refractivity contribution >= 4 is 16.8 Å². The third-order valence-corrected chi connectivity index (χ3v) is 6.33. The summed E-state index contributed by atoms with van der Waals surface area (Å²) in [5.41, 5.74) is 2.51. The average molecular weight is 436 g/mol. The number of rotatable bonds is 7. The van der Waals surface area contributed by atoms with Crippen molar-refractivity contribution in [3.05, 3.63) is 71.9 Å². The first kappa shape index (κ1) is 22.4. The van der Waals surface area contributed by atoms with E-state index in [0.717, 1.165) is 54.3 Å². The van der Waals surface area contributed by atoms with Crippen LogP contribution in [0.1, 0.15) is 56.3 Å². The van der Waals surface area contributed by atoms with E-state index in [1.54, 1.807) is 0 Å². The molecule has 0 aliphatic heterocycles. The van der Waals surface area contributed by atoms with E-state index in [-0.39, 0.29) is 5.92 Å². The maximum Gasteiger partial charge on any atom is 0.378 e. The molecular weight excluding hydrogens is 406 g/mol. The SMILES string of the molecule is CC(=O)[N+](O)(O[NH])C(c1ccc(OCc2ccc3ccccc3n2)cc1)C1CCCCC1. The molecule has 2 aromatic carbocycles. The van der Waals surface area contributed by atoms with Crippen molar-refractivity contribution in [2.45, 2.75) is 51.7 Å². The van der Waals surface area contributed by atoms with Gasteiger partial charge in [0.2, 0.25) is 0 Å². The van der Waals surface area contributed by atoms with E-state index in [2.05, 4.69) is 9.92 Å². The zero-order chi connectivity index (χ0) is 22.6. The Balaban J connectivity index is 1.52. The first-order chi connectivity index (χ1) is 15.5. The molecule has 2 atom stereocenters. The Kier molecular flexibility index (Phi) is 6.81. The monoisotopic (exact) mass is 435 g/mol. The number of ether oxygens (including phenoxy) is 1.